The molecule has 3 atom stereocenters. The van der Waals surface area contributed by atoms with Crippen molar-refractivity contribution in [3.05, 3.63) is 0 Å². The molecule has 0 aliphatic carbocycles. The van der Waals surface area contributed by atoms with Gasteiger partial charge in [-0.2, -0.15) is 0 Å². The van der Waals surface area contributed by atoms with E-state index < -0.39 is 30.0 Å². The summed E-state index contributed by atoms with van der Waals surface area (Å²) in [6, 6.07) is -2.25. The maximum Gasteiger partial charge on any atom is 0.326 e. The Morgan fingerprint density at radius 1 is 0.833 bits per heavy atom. The molecule has 0 aromatic rings. The molecular formula is C22H44N4O4. The third-order valence-electron chi connectivity index (χ3n) is 4.48. The van der Waals surface area contributed by atoms with E-state index in [1.807, 2.05) is 34.6 Å². The normalized spacial score (nSPS) is 15.4. The Kier molecular flexibility index (Phi) is 11.6. The molecule has 0 fully saturated rings. The second-order valence-electron chi connectivity index (χ2n) is 10.4. The van der Waals surface area contributed by atoms with Crippen LogP contribution in [-0.4, -0.2) is 58.6 Å². The summed E-state index contributed by atoms with van der Waals surface area (Å²) < 4.78 is 0. The number of rotatable bonds is 12. The monoisotopic (exact) mass is 428 g/mol. The molecule has 0 rings (SSSR count). The molecule has 176 valence electrons. The summed E-state index contributed by atoms with van der Waals surface area (Å²) >= 11 is 0. The number of hydrogen-bond donors (Lipinski definition) is 5. The Hall–Kier alpha value is -1.67. The van der Waals surface area contributed by atoms with Gasteiger partial charge in [0.1, 0.15) is 12.1 Å². The van der Waals surface area contributed by atoms with Crippen molar-refractivity contribution in [1.82, 2.24) is 21.3 Å². The van der Waals surface area contributed by atoms with Crippen molar-refractivity contribution in [2.75, 3.05) is 6.54 Å². The molecule has 30 heavy (non-hydrogen) atoms. The number of carbonyl (C=O) groups is 3. The number of unbranched alkanes of at least 4 members (excludes halogenated alkanes) is 1. The molecule has 0 saturated carbocycles. The molecule has 8 nitrogen and oxygen atoms in total. The van der Waals surface area contributed by atoms with Gasteiger partial charge in [-0.1, -0.05) is 13.8 Å². The standard InChI is InChI=1S/C22H44N4O4/c1-14(2)17(26-22(7,8)9)19(28)24-15(3)18(27)25-16(20(29)30)12-10-11-13-23-21(4,5)6/h14-17,23,26H,10-13H2,1-9H3,(H,24,28)(H,25,27)(H,29,30)/t15-,16-,17-/m0/s1. The minimum absolute atomic E-state index is 0.0176. The summed E-state index contributed by atoms with van der Waals surface area (Å²) in [5.74, 6) is -1.81. The highest BCUT2D eigenvalue weighted by Gasteiger charge is 2.29. The highest BCUT2D eigenvalue weighted by atomic mass is 16.4. The minimum atomic E-state index is -1.07. The highest BCUT2D eigenvalue weighted by Crippen LogP contribution is 2.09. The van der Waals surface area contributed by atoms with E-state index in [0.29, 0.717) is 12.8 Å². The van der Waals surface area contributed by atoms with Crippen LogP contribution in [0, 0.1) is 5.92 Å². The van der Waals surface area contributed by atoms with Crippen molar-refractivity contribution >= 4 is 17.8 Å². The Bertz CT molecular complexity index is 564. The van der Waals surface area contributed by atoms with Gasteiger partial charge in [-0.25, -0.2) is 4.79 Å². The third-order valence-corrected chi connectivity index (χ3v) is 4.48. The Labute approximate surface area is 182 Å². The number of amides is 2. The van der Waals surface area contributed by atoms with Gasteiger partial charge in [0.2, 0.25) is 11.8 Å². The van der Waals surface area contributed by atoms with Crippen LogP contribution in [0.3, 0.4) is 0 Å². The first-order valence-electron chi connectivity index (χ1n) is 10.9. The fourth-order valence-corrected chi connectivity index (χ4v) is 2.86. The molecular weight excluding hydrogens is 384 g/mol. The van der Waals surface area contributed by atoms with Gasteiger partial charge in [-0.15, -0.1) is 0 Å². The van der Waals surface area contributed by atoms with Crippen LogP contribution < -0.4 is 21.3 Å². The molecule has 0 heterocycles. The van der Waals surface area contributed by atoms with E-state index in [0.717, 1.165) is 13.0 Å². The smallest absolute Gasteiger partial charge is 0.326 e. The van der Waals surface area contributed by atoms with Gasteiger partial charge in [0.05, 0.1) is 6.04 Å². The van der Waals surface area contributed by atoms with Gasteiger partial charge < -0.3 is 26.4 Å². The lowest BCUT2D eigenvalue weighted by atomic mass is 9.98. The molecule has 5 N–H and O–H groups in total. The van der Waals surface area contributed by atoms with Gasteiger partial charge in [0.25, 0.3) is 0 Å². The molecule has 0 aromatic heterocycles. The quantitative estimate of drug-likeness (QED) is 0.304. The van der Waals surface area contributed by atoms with Gasteiger partial charge >= 0.3 is 5.97 Å². The van der Waals surface area contributed by atoms with Crippen molar-refractivity contribution in [2.45, 2.75) is 111 Å². The SMILES string of the molecule is CC(C)[C@H](NC(C)(C)C)C(=O)N[C@@H](C)C(=O)N[C@@H](CCCCNC(C)(C)C)C(=O)O. The predicted molar refractivity (Wildman–Crippen MR) is 120 cm³/mol. The minimum Gasteiger partial charge on any atom is -0.480 e. The van der Waals surface area contributed by atoms with Gasteiger partial charge in [0, 0.05) is 11.1 Å². The number of carbonyl (C=O) groups excluding carboxylic acids is 2. The fourth-order valence-electron chi connectivity index (χ4n) is 2.86. The summed E-state index contributed by atoms with van der Waals surface area (Å²) in [4.78, 5) is 36.6. The Morgan fingerprint density at radius 3 is 1.83 bits per heavy atom. The maximum absolute atomic E-state index is 12.6. The van der Waals surface area contributed by atoms with Gasteiger partial charge in [-0.05, 0) is 80.2 Å². The lowest BCUT2D eigenvalue weighted by Gasteiger charge is -2.31. The average Bonchev–Trinajstić information content (AvgIpc) is 2.55. The van der Waals surface area contributed by atoms with Gasteiger partial charge in [-0.3, -0.25) is 9.59 Å². The lowest BCUT2D eigenvalue weighted by Crippen LogP contribution is -2.58. The second-order valence-corrected chi connectivity index (χ2v) is 10.4. The maximum atomic E-state index is 12.6. The first kappa shape index (κ1) is 28.3. The lowest BCUT2D eigenvalue weighted by molar-refractivity contribution is -0.142. The Balaban J connectivity index is 4.70. The van der Waals surface area contributed by atoms with Crippen LogP contribution in [0.2, 0.25) is 0 Å². The van der Waals surface area contributed by atoms with Crippen LogP contribution in [0.4, 0.5) is 0 Å². The zero-order valence-electron chi connectivity index (χ0n) is 20.3. The van der Waals surface area contributed by atoms with Crippen LogP contribution in [0.15, 0.2) is 0 Å². The Morgan fingerprint density at radius 2 is 1.40 bits per heavy atom. The van der Waals surface area contributed by atoms with Crippen molar-refractivity contribution in [3.8, 4) is 0 Å². The van der Waals surface area contributed by atoms with Crippen molar-refractivity contribution < 1.29 is 19.5 Å². The number of aliphatic carboxylic acids is 1. The fraction of sp³-hybridized carbons (Fsp3) is 0.864. The van der Waals surface area contributed by atoms with E-state index in [1.54, 1.807) is 6.92 Å². The van der Waals surface area contributed by atoms with Crippen molar-refractivity contribution in [2.24, 2.45) is 5.92 Å². The molecule has 0 bridgehead atoms. The highest BCUT2D eigenvalue weighted by molar-refractivity contribution is 5.91. The summed E-state index contributed by atoms with van der Waals surface area (Å²) in [5, 5.41) is 21.3. The van der Waals surface area contributed by atoms with E-state index in [1.165, 1.54) is 0 Å². The van der Waals surface area contributed by atoms with Crippen molar-refractivity contribution in [1.29, 1.82) is 0 Å². The van der Waals surface area contributed by atoms with E-state index in [2.05, 4.69) is 42.0 Å². The first-order valence-corrected chi connectivity index (χ1v) is 10.9. The molecule has 0 saturated heterocycles. The molecule has 0 spiro atoms. The van der Waals surface area contributed by atoms with E-state index in [4.69, 9.17) is 0 Å². The molecule has 0 unspecified atom stereocenters. The molecule has 0 aliphatic heterocycles. The molecule has 8 heteroatoms. The summed E-state index contributed by atoms with van der Waals surface area (Å²) in [6.07, 6.45) is 1.83. The van der Waals surface area contributed by atoms with Gasteiger partial charge in [0.15, 0.2) is 0 Å². The number of carboxylic acids is 1. The molecule has 0 aromatic carbocycles. The predicted octanol–water partition coefficient (Wildman–Crippen LogP) is 2.03. The number of hydrogen-bond acceptors (Lipinski definition) is 5. The molecule has 0 radical (unpaired) electrons. The summed E-state index contributed by atoms with van der Waals surface area (Å²) in [5.41, 5.74) is -0.238. The summed E-state index contributed by atoms with van der Waals surface area (Å²) in [6.45, 7) is 18.4. The zero-order chi connectivity index (χ0) is 23.7. The molecule has 0 aliphatic rings. The van der Waals surface area contributed by atoms with E-state index in [-0.39, 0.29) is 22.9 Å². The summed E-state index contributed by atoms with van der Waals surface area (Å²) in [7, 11) is 0. The zero-order valence-corrected chi connectivity index (χ0v) is 20.3. The van der Waals surface area contributed by atoms with Crippen LogP contribution >= 0.6 is 0 Å². The van der Waals surface area contributed by atoms with Crippen molar-refractivity contribution in [3.63, 3.8) is 0 Å². The topological polar surface area (TPSA) is 120 Å². The number of nitrogens with one attached hydrogen (secondary N) is 4. The number of carboxylic acid groups (broad SMARTS) is 1. The second kappa shape index (κ2) is 12.2. The average molecular weight is 429 g/mol. The van der Waals surface area contributed by atoms with Crippen LogP contribution in [-0.2, 0) is 14.4 Å². The van der Waals surface area contributed by atoms with Crippen LogP contribution in [0.5, 0.6) is 0 Å². The molecule has 2 amide bonds. The largest absolute Gasteiger partial charge is 0.480 e. The van der Waals surface area contributed by atoms with E-state index >= 15 is 0 Å². The third kappa shape index (κ3) is 12.8. The van der Waals surface area contributed by atoms with E-state index in [9.17, 15) is 19.5 Å². The van der Waals surface area contributed by atoms with Crippen LogP contribution in [0.1, 0.15) is 81.6 Å². The van der Waals surface area contributed by atoms with Crippen LogP contribution in [0.25, 0.3) is 0 Å². The first-order chi connectivity index (χ1) is 13.5.